The zero-order valence-electron chi connectivity index (χ0n) is 17.9. The summed E-state index contributed by atoms with van der Waals surface area (Å²) in [5, 5.41) is 15.4. The van der Waals surface area contributed by atoms with Gasteiger partial charge in [-0.3, -0.25) is 19.6 Å². The number of nitrogens with one attached hydrogen (secondary N) is 1. The van der Waals surface area contributed by atoms with Crippen molar-refractivity contribution in [2.45, 2.75) is 33.2 Å². The Morgan fingerprint density at radius 1 is 1.29 bits per heavy atom. The van der Waals surface area contributed by atoms with Crippen LogP contribution in [0.3, 0.4) is 0 Å². The van der Waals surface area contributed by atoms with Crippen molar-refractivity contribution in [1.29, 1.82) is 0 Å². The van der Waals surface area contributed by atoms with Crippen LogP contribution >= 0.6 is 0 Å². The van der Waals surface area contributed by atoms with Crippen molar-refractivity contribution < 1.29 is 18.1 Å². The number of nitrogens with zero attached hydrogens (tertiary/aromatic N) is 4. The fraction of sp³-hybridized carbons (Fsp3) is 0.500. The normalized spacial score (nSPS) is 17.0. The lowest BCUT2D eigenvalue weighted by Crippen LogP contribution is -2.43. The molecule has 0 radical (unpaired) electrons. The summed E-state index contributed by atoms with van der Waals surface area (Å²) >= 11 is 0. The number of hydrogen-bond donors (Lipinski definition) is 1. The first-order valence-electron chi connectivity index (χ1n) is 10.1. The van der Waals surface area contributed by atoms with Gasteiger partial charge in [-0.05, 0) is 50.3 Å². The van der Waals surface area contributed by atoms with E-state index in [4.69, 9.17) is 0 Å². The molecule has 31 heavy (non-hydrogen) atoms. The van der Waals surface area contributed by atoms with Gasteiger partial charge in [-0.25, -0.2) is 13.1 Å². The predicted octanol–water partition coefficient (Wildman–Crippen LogP) is 1.86. The maximum atomic E-state index is 12.9. The Bertz CT molecular complexity index is 1080. The molecule has 1 aliphatic heterocycles. The van der Waals surface area contributed by atoms with Crippen molar-refractivity contribution in [3.05, 3.63) is 56.9 Å². The SMILES string of the molecule is Cc1nn(Cc2ccc(C(=O)N3CCCC(CNS(C)(=O)=O)C3)cc2)c(C)c1[N+](=O)[O-]. The van der Waals surface area contributed by atoms with E-state index in [-0.39, 0.29) is 17.5 Å². The van der Waals surface area contributed by atoms with Gasteiger partial charge >= 0.3 is 5.69 Å². The third-order valence-electron chi connectivity index (χ3n) is 5.50. The molecule has 1 amide bonds. The number of amides is 1. The minimum absolute atomic E-state index is 0.0248. The molecule has 0 bridgehead atoms. The molecule has 1 unspecified atom stereocenters. The van der Waals surface area contributed by atoms with Crippen LogP contribution in [0.2, 0.25) is 0 Å². The Kier molecular flexibility index (Phi) is 6.75. The molecule has 1 saturated heterocycles. The van der Waals surface area contributed by atoms with Crippen LogP contribution in [0.1, 0.15) is 40.2 Å². The molecule has 11 heteroatoms. The molecule has 2 aromatic rings. The first-order valence-corrected chi connectivity index (χ1v) is 12.0. The number of sulfonamides is 1. The highest BCUT2D eigenvalue weighted by molar-refractivity contribution is 7.88. The third kappa shape index (κ3) is 5.67. The molecule has 2 heterocycles. The summed E-state index contributed by atoms with van der Waals surface area (Å²) in [6, 6.07) is 7.14. The summed E-state index contributed by atoms with van der Waals surface area (Å²) in [5.41, 5.74) is 2.33. The fourth-order valence-electron chi connectivity index (χ4n) is 3.90. The van der Waals surface area contributed by atoms with Gasteiger partial charge in [0.15, 0.2) is 0 Å². The van der Waals surface area contributed by atoms with Crippen molar-refractivity contribution in [3.8, 4) is 0 Å². The monoisotopic (exact) mass is 449 g/mol. The molecular weight excluding hydrogens is 422 g/mol. The second kappa shape index (κ2) is 9.15. The number of likely N-dealkylation sites (tertiary alicyclic amines) is 1. The predicted molar refractivity (Wildman–Crippen MR) is 115 cm³/mol. The molecule has 10 nitrogen and oxygen atoms in total. The van der Waals surface area contributed by atoms with E-state index in [2.05, 4.69) is 9.82 Å². The van der Waals surface area contributed by atoms with Gasteiger partial charge in [-0.2, -0.15) is 5.10 Å². The van der Waals surface area contributed by atoms with Crippen LogP contribution in [0.15, 0.2) is 24.3 Å². The van der Waals surface area contributed by atoms with E-state index in [9.17, 15) is 23.3 Å². The van der Waals surface area contributed by atoms with Gasteiger partial charge in [0.25, 0.3) is 5.91 Å². The molecule has 0 saturated carbocycles. The molecule has 1 aliphatic rings. The number of piperidine rings is 1. The summed E-state index contributed by atoms with van der Waals surface area (Å²) in [5.74, 6) is 0.00544. The van der Waals surface area contributed by atoms with Gasteiger partial charge in [0.1, 0.15) is 11.4 Å². The van der Waals surface area contributed by atoms with Crippen molar-refractivity contribution in [3.63, 3.8) is 0 Å². The van der Waals surface area contributed by atoms with E-state index in [1.165, 1.54) is 0 Å². The molecule has 0 spiro atoms. The molecule has 168 valence electrons. The van der Waals surface area contributed by atoms with Gasteiger partial charge in [-0.1, -0.05) is 12.1 Å². The summed E-state index contributed by atoms with van der Waals surface area (Å²) in [7, 11) is -3.25. The number of carbonyl (C=O) groups excluding carboxylic acids is 1. The largest absolute Gasteiger partial charge is 0.338 e. The van der Waals surface area contributed by atoms with E-state index < -0.39 is 14.9 Å². The molecule has 1 fully saturated rings. The van der Waals surface area contributed by atoms with Crippen LogP contribution in [-0.4, -0.2) is 59.8 Å². The Morgan fingerprint density at radius 2 is 1.97 bits per heavy atom. The van der Waals surface area contributed by atoms with E-state index in [1.54, 1.807) is 35.6 Å². The Hall–Kier alpha value is -2.79. The Morgan fingerprint density at radius 3 is 2.55 bits per heavy atom. The fourth-order valence-corrected chi connectivity index (χ4v) is 4.44. The number of hydrogen-bond acceptors (Lipinski definition) is 6. The summed E-state index contributed by atoms with van der Waals surface area (Å²) in [6.45, 7) is 5.14. The maximum absolute atomic E-state index is 12.9. The first kappa shape index (κ1) is 22.9. The summed E-state index contributed by atoms with van der Waals surface area (Å²) in [6.07, 6.45) is 2.83. The lowest BCUT2D eigenvalue weighted by Gasteiger charge is -2.32. The lowest BCUT2D eigenvalue weighted by molar-refractivity contribution is -0.386. The van der Waals surface area contributed by atoms with Gasteiger partial charge in [-0.15, -0.1) is 0 Å². The van der Waals surface area contributed by atoms with Gasteiger partial charge in [0.2, 0.25) is 10.0 Å². The van der Waals surface area contributed by atoms with Gasteiger partial charge < -0.3 is 4.90 Å². The summed E-state index contributed by atoms with van der Waals surface area (Å²) < 4.78 is 26.7. The number of nitro groups is 1. The first-order chi connectivity index (χ1) is 14.5. The zero-order chi connectivity index (χ0) is 22.8. The zero-order valence-corrected chi connectivity index (χ0v) is 18.7. The van der Waals surface area contributed by atoms with Crippen LogP contribution in [0.5, 0.6) is 0 Å². The van der Waals surface area contributed by atoms with Crippen molar-refractivity contribution in [2.75, 3.05) is 25.9 Å². The van der Waals surface area contributed by atoms with Crippen LogP contribution in [0, 0.1) is 29.9 Å². The van der Waals surface area contributed by atoms with E-state index >= 15 is 0 Å². The number of rotatable bonds is 7. The lowest BCUT2D eigenvalue weighted by atomic mass is 9.97. The number of benzene rings is 1. The minimum atomic E-state index is -3.25. The second-order valence-corrected chi connectivity index (χ2v) is 9.84. The van der Waals surface area contributed by atoms with Crippen LogP contribution in [0.4, 0.5) is 5.69 Å². The van der Waals surface area contributed by atoms with Crippen molar-refractivity contribution in [2.24, 2.45) is 5.92 Å². The minimum Gasteiger partial charge on any atom is -0.338 e. The van der Waals surface area contributed by atoms with Crippen LogP contribution in [-0.2, 0) is 16.6 Å². The van der Waals surface area contributed by atoms with Crippen LogP contribution in [0.25, 0.3) is 0 Å². The molecule has 1 aromatic heterocycles. The molecular formula is C20H27N5O5S. The highest BCUT2D eigenvalue weighted by Crippen LogP contribution is 2.23. The highest BCUT2D eigenvalue weighted by Gasteiger charge is 2.25. The maximum Gasteiger partial charge on any atom is 0.312 e. The highest BCUT2D eigenvalue weighted by atomic mass is 32.2. The van der Waals surface area contributed by atoms with E-state index in [1.807, 2.05) is 12.1 Å². The number of aromatic nitrogens is 2. The quantitative estimate of drug-likeness (QED) is 0.508. The van der Waals surface area contributed by atoms with Crippen LogP contribution < -0.4 is 4.72 Å². The van der Waals surface area contributed by atoms with E-state index in [0.29, 0.717) is 43.1 Å². The number of aryl methyl sites for hydroxylation is 1. The van der Waals surface area contributed by atoms with Gasteiger partial charge in [0, 0.05) is 25.2 Å². The second-order valence-electron chi connectivity index (χ2n) is 8.01. The molecule has 3 rings (SSSR count). The molecule has 1 aromatic carbocycles. The molecule has 0 aliphatic carbocycles. The summed E-state index contributed by atoms with van der Waals surface area (Å²) in [4.78, 5) is 25.4. The standard InChI is InChI=1S/C20H27N5O5S/c1-14-19(25(27)28)15(2)24(22-14)13-16-6-8-18(9-7-16)20(26)23-10-4-5-17(12-23)11-21-31(3,29)30/h6-9,17,21H,4-5,10-13H2,1-3H3. The Balaban J connectivity index is 1.65. The average Bonchev–Trinajstić information content (AvgIpc) is 2.99. The van der Waals surface area contributed by atoms with Gasteiger partial charge in [0.05, 0.1) is 17.7 Å². The van der Waals surface area contributed by atoms with Crippen molar-refractivity contribution in [1.82, 2.24) is 19.4 Å². The molecule has 1 atom stereocenters. The van der Waals surface area contributed by atoms with E-state index in [0.717, 1.165) is 24.7 Å². The molecule has 1 N–H and O–H groups in total. The number of carbonyl (C=O) groups is 1. The topological polar surface area (TPSA) is 127 Å². The smallest absolute Gasteiger partial charge is 0.312 e. The third-order valence-corrected chi connectivity index (χ3v) is 6.19. The average molecular weight is 450 g/mol. The van der Waals surface area contributed by atoms with Crippen molar-refractivity contribution >= 4 is 21.6 Å². The Labute approximate surface area is 181 Å².